The summed E-state index contributed by atoms with van der Waals surface area (Å²) >= 11 is 0. The van der Waals surface area contributed by atoms with Crippen molar-refractivity contribution in [2.75, 3.05) is 13.1 Å². The summed E-state index contributed by atoms with van der Waals surface area (Å²) in [6, 6.07) is -0.0423. The third kappa shape index (κ3) is 3.88. The highest BCUT2D eigenvalue weighted by molar-refractivity contribution is 5.81. The molecule has 138 valence electrons. The molecule has 1 aliphatic carbocycles. The number of nitrogens with zero attached hydrogens (tertiary/aromatic N) is 3. The summed E-state index contributed by atoms with van der Waals surface area (Å²) in [5, 5.41) is 7.37. The largest absolute Gasteiger partial charge is 0.349 e. The number of aryl methyl sites for hydroxylation is 1. The molecule has 1 saturated carbocycles. The third-order valence-electron chi connectivity index (χ3n) is 5.98. The van der Waals surface area contributed by atoms with Crippen molar-refractivity contribution in [3.63, 3.8) is 0 Å². The second kappa shape index (κ2) is 7.58. The fourth-order valence-electron chi connectivity index (χ4n) is 4.14. The predicted octanol–water partition coefficient (Wildman–Crippen LogP) is 2.33. The van der Waals surface area contributed by atoms with Crippen LogP contribution in [-0.4, -0.2) is 39.6 Å². The Balaban J connectivity index is 1.49. The SMILES string of the molecule is Cc1c(C(C)NC(=O)C2CCN(C(=O)C3CCCC3)CC2)cnn1C. The first-order chi connectivity index (χ1) is 12.0. The average molecular weight is 346 g/mol. The first-order valence-electron chi connectivity index (χ1n) is 9.55. The molecule has 2 fully saturated rings. The smallest absolute Gasteiger partial charge is 0.225 e. The van der Waals surface area contributed by atoms with Crippen LogP contribution in [0.1, 0.15) is 62.7 Å². The van der Waals surface area contributed by atoms with Crippen LogP contribution in [0, 0.1) is 18.8 Å². The quantitative estimate of drug-likeness (QED) is 0.910. The lowest BCUT2D eigenvalue weighted by molar-refractivity contribution is -0.139. The molecule has 1 atom stereocenters. The molecule has 6 nitrogen and oxygen atoms in total. The van der Waals surface area contributed by atoms with E-state index < -0.39 is 0 Å². The molecule has 1 aliphatic heterocycles. The van der Waals surface area contributed by atoms with Crippen molar-refractivity contribution in [1.29, 1.82) is 0 Å². The van der Waals surface area contributed by atoms with Crippen molar-refractivity contribution in [2.45, 2.75) is 58.4 Å². The van der Waals surface area contributed by atoms with E-state index in [0.717, 1.165) is 36.9 Å². The monoisotopic (exact) mass is 346 g/mol. The van der Waals surface area contributed by atoms with Crippen molar-refractivity contribution < 1.29 is 9.59 Å². The van der Waals surface area contributed by atoms with E-state index >= 15 is 0 Å². The van der Waals surface area contributed by atoms with E-state index in [1.54, 1.807) is 0 Å². The highest BCUT2D eigenvalue weighted by atomic mass is 16.2. The summed E-state index contributed by atoms with van der Waals surface area (Å²) in [5.41, 5.74) is 2.13. The lowest BCUT2D eigenvalue weighted by Crippen LogP contribution is -2.45. The van der Waals surface area contributed by atoms with Gasteiger partial charge in [0.25, 0.3) is 0 Å². The van der Waals surface area contributed by atoms with E-state index in [1.807, 2.05) is 36.7 Å². The summed E-state index contributed by atoms with van der Waals surface area (Å²) in [6.07, 6.45) is 7.81. The second-order valence-electron chi connectivity index (χ2n) is 7.62. The molecule has 2 aliphatic rings. The first kappa shape index (κ1) is 18.0. The van der Waals surface area contributed by atoms with Gasteiger partial charge in [0.1, 0.15) is 0 Å². The van der Waals surface area contributed by atoms with Crippen LogP contribution in [0.3, 0.4) is 0 Å². The Bertz CT molecular complexity index is 625. The normalized spacial score (nSPS) is 20.7. The Morgan fingerprint density at radius 3 is 2.36 bits per heavy atom. The fourth-order valence-corrected chi connectivity index (χ4v) is 4.14. The van der Waals surface area contributed by atoms with Crippen molar-refractivity contribution in [2.24, 2.45) is 18.9 Å². The molecule has 1 unspecified atom stereocenters. The maximum Gasteiger partial charge on any atom is 0.225 e. The van der Waals surface area contributed by atoms with Crippen LogP contribution in [0.5, 0.6) is 0 Å². The number of amides is 2. The molecule has 0 spiro atoms. The van der Waals surface area contributed by atoms with E-state index in [4.69, 9.17) is 0 Å². The van der Waals surface area contributed by atoms with Gasteiger partial charge in [-0.2, -0.15) is 5.10 Å². The Morgan fingerprint density at radius 1 is 1.16 bits per heavy atom. The third-order valence-corrected chi connectivity index (χ3v) is 5.98. The van der Waals surface area contributed by atoms with Crippen LogP contribution in [-0.2, 0) is 16.6 Å². The molecule has 25 heavy (non-hydrogen) atoms. The zero-order valence-corrected chi connectivity index (χ0v) is 15.6. The molecular weight excluding hydrogens is 316 g/mol. The minimum Gasteiger partial charge on any atom is -0.349 e. The predicted molar refractivity (Wildman–Crippen MR) is 95.8 cm³/mol. The number of piperidine rings is 1. The van der Waals surface area contributed by atoms with Crippen molar-refractivity contribution in [1.82, 2.24) is 20.0 Å². The van der Waals surface area contributed by atoms with Crippen LogP contribution in [0.4, 0.5) is 0 Å². The fraction of sp³-hybridized carbons (Fsp3) is 0.737. The number of hydrogen-bond acceptors (Lipinski definition) is 3. The molecule has 1 aromatic heterocycles. The second-order valence-corrected chi connectivity index (χ2v) is 7.62. The van der Waals surface area contributed by atoms with Gasteiger partial charge in [0.05, 0.1) is 12.2 Å². The van der Waals surface area contributed by atoms with Gasteiger partial charge in [0, 0.05) is 43.2 Å². The molecule has 0 radical (unpaired) electrons. The van der Waals surface area contributed by atoms with Crippen LogP contribution < -0.4 is 5.32 Å². The Labute approximate surface area is 149 Å². The van der Waals surface area contributed by atoms with Crippen LogP contribution in [0.15, 0.2) is 6.20 Å². The number of rotatable bonds is 4. The van der Waals surface area contributed by atoms with Crippen molar-refractivity contribution in [3.05, 3.63) is 17.5 Å². The van der Waals surface area contributed by atoms with Crippen molar-refractivity contribution >= 4 is 11.8 Å². The highest BCUT2D eigenvalue weighted by Gasteiger charge is 2.32. The van der Waals surface area contributed by atoms with Gasteiger partial charge in [-0.1, -0.05) is 12.8 Å². The number of carbonyl (C=O) groups is 2. The molecule has 1 saturated heterocycles. The zero-order valence-electron chi connectivity index (χ0n) is 15.6. The maximum absolute atomic E-state index is 12.6. The van der Waals surface area contributed by atoms with Crippen LogP contribution in [0.25, 0.3) is 0 Å². The number of nitrogens with one attached hydrogen (secondary N) is 1. The Hall–Kier alpha value is -1.85. The lowest BCUT2D eigenvalue weighted by atomic mass is 9.94. The molecule has 3 rings (SSSR count). The van der Waals surface area contributed by atoms with E-state index in [9.17, 15) is 9.59 Å². The number of likely N-dealkylation sites (tertiary alicyclic amines) is 1. The average Bonchev–Trinajstić information content (AvgIpc) is 3.25. The zero-order chi connectivity index (χ0) is 18.0. The standard InChI is InChI=1S/C19H30N4O2/c1-13(17-12-20-22(3)14(17)2)21-18(24)15-8-10-23(11-9-15)19(25)16-6-4-5-7-16/h12-13,15-16H,4-11H2,1-3H3,(H,21,24). The molecule has 2 amide bonds. The number of carbonyl (C=O) groups excluding carboxylic acids is 2. The summed E-state index contributed by atoms with van der Waals surface area (Å²) in [5.74, 6) is 0.658. The first-order valence-corrected chi connectivity index (χ1v) is 9.55. The van der Waals surface area contributed by atoms with Gasteiger partial charge in [-0.05, 0) is 39.5 Å². The molecule has 0 aromatic carbocycles. The van der Waals surface area contributed by atoms with Gasteiger partial charge >= 0.3 is 0 Å². The summed E-state index contributed by atoms with van der Waals surface area (Å²) in [6.45, 7) is 5.44. The van der Waals surface area contributed by atoms with Gasteiger partial charge in [0.2, 0.25) is 11.8 Å². The van der Waals surface area contributed by atoms with Crippen LogP contribution in [0.2, 0.25) is 0 Å². The summed E-state index contributed by atoms with van der Waals surface area (Å²) < 4.78 is 1.82. The topological polar surface area (TPSA) is 67.2 Å². The summed E-state index contributed by atoms with van der Waals surface area (Å²) in [4.78, 5) is 27.1. The van der Waals surface area contributed by atoms with E-state index in [1.165, 1.54) is 12.8 Å². The van der Waals surface area contributed by atoms with Gasteiger partial charge in [-0.3, -0.25) is 14.3 Å². The number of aromatic nitrogens is 2. The van der Waals surface area contributed by atoms with Gasteiger partial charge < -0.3 is 10.2 Å². The lowest BCUT2D eigenvalue weighted by Gasteiger charge is -2.33. The molecule has 6 heteroatoms. The van der Waals surface area contributed by atoms with E-state index in [0.29, 0.717) is 19.0 Å². The van der Waals surface area contributed by atoms with E-state index in [2.05, 4.69) is 10.4 Å². The van der Waals surface area contributed by atoms with Gasteiger partial charge in [-0.25, -0.2) is 0 Å². The molecule has 1 aromatic rings. The van der Waals surface area contributed by atoms with Crippen molar-refractivity contribution in [3.8, 4) is 0 Å². The molecule has 0 bridgehead atoms. The summed E-state index contributed by atoms with van der Waals surface area (Å²) in [7, 11) is 1.91. The van der Waals surface area contributed by atoms with E-state index in [-0.39, 0.29) is 23.8 Å². The molecular formula is C19H30N4O2. The Morgan fingerprint density at radius 2 is 1.80 bits per heavy atom. The number of hydrogen-bond donors (Lipinski definition) is 1. The highest BCUT2D eigenvalue weighted by Crippen LogP contribution is 2.28. The molecule has 1 N–H and O–H groups in total. The minimum absolute atomic E-state index is 0.00653. The van der Waals surface area contributed by atoms with Gasteiger partial charge in [-0.15, -0.1) is 0 Å². The minimum atomic E-state index is -0.0423. The maximum atomic E-state index is 12.6. The Kier molecular flexibility index (Phi) is 5.45. The van der Waals surface area contributed by atoms with Crippen LogP contribution >= 0.6 is 0 Å². The van der Waals surface area contributed by atoms with Gasteiger partial charge in [0.15, 0.2) is 0 Å². The molecule has 2 heterocycles.